The maximum absolute atomic E-state index is 13.0. The Kier molecular flexibility index (Phi) is 9.63. The average molecular weight is 565 g/mol. The molecule has 0 spiro atoms. The second kappa shape index (κ2) is 13.3. The van der Waals surface area contributed by atoms with Crippen LogP contribution in [-0.2, 0) is 16.1 Å². The Balaban J connectivity index is 1.17. The van der Waals surface area contributed by atoms with Crippen molar-refractivity contribution >= 4 is 23.4 Å². The number of carboxylic acids is 1. The number of ether oxygens (including phenoxy) is 1. The average Bonchev–Trinajstić information content (AvgIpc) is 3.43. The lowest BCUT2D eigenvalue weighted by molar-refractivity contribution is -0.144. The van der Waals surface area contributed by atoms with Gasteiger partial charge in [-0.05, 0) is 90.7 Å². The molecule has 1 aromatic carbocycles. The fourth-order valence-electron chi connectivity index (χ4n) is 6.97. The second-order valence-corrected chi connectivity index (χ2v) is 13.1. The number of hydrogen-bond donors (Lipinski definition) is 1. The first-order valence-electron chi connectivity index (χ1n) is 15.0. The van der Waals surface area contributed by atoms with Gasteiger partial charge in [0.05, 0.1) is 5.92 Å². The first kappa shape index (κ1) is 28.9. The summed E-state index contributed by atoms with van der Waals surface area (Å²) in [5.41, 5.74) is 3.56. The number of carboxylic acid groups (broad SMARTS) is 1. The number of likely N-dealkylation sites (tertiary alicyclic amines) is 1. The summed E-state index contributed by atoms with van der Waals surface area (Å²) in [7, 11) is 0. The van der Waals surface area contributed by atoms with Gasteiger partial charge < -0.3 is 19.6 Å². The van der Waals surface area contributed by atoms with E-state index >= 15 is 0 Å². The second-order valence-electron chi connectivity index (χ2n) is 12.3. The van der Waals surface area contributed by atoms with E-state index < -0.39 is 5.97 Å². The lowest BCUT2D eigenvalue weighted by atomic mass is 9.85. The molecule has 1 amide bonds. The predicted octanol–water partition coefficient (Wildman–Crippen LogP) is 6.96. The molecule has 2 saturated carbocycles. The van der Waals surface area contributed by atoms with Gasteiger partial charge in [-0.1, -0.05) is 48.7 Å². The highest BCUT2D eigenvalue weighted by Crippen LogP contribution is 2.49. The third-order valence-electron chi connectivity index (χ3n) is 9.41. The van der Waals surface area contributed by atoms with E-state index in [0.717, 1.165) is 57.3 Å². The monoisotopic (exact) mass is 564 g/mol. The Morgan fingerprint density at radius 1 is 1.15 bits per heavy atom. The minimum atomic E-state index is -0.598. The Hall–Kier alpha value is -2.64. The molecule has 1 aliphatic heterocycles. The SMILES string of the molecule is C=CCN(C(=O)OCc1ccc(C)cc1)C1CCN(C[C@H]2CC(C(CC3CC3)C(=O)O)C[C@@H]2c2ccsc2)CC1. The third-order valence-corrected chi connectivity index (χ3v) is 10.1. The number of rotatable bonds is 12. The third kappa shape index (κ3) is 7.35. The van der Waals surface area contributed by atoms with Crippen molar-refractivity contribution in [2.75, 3.05) is 26.2 Å². The summed E-state index contributed by atoms with van der Waals surface area (Å²) in [6.45, 7) is 9.55. The summed E-state index contributed by atoms with van der Waals surface area (Å²) in [4.78, 5) is 29.7. The fraction of sp³-hybridized carbons (Fsp3) is 0.576. The van der Waals surface area contributed by atoms with Gasteiger partial charge in [0, 0.05) is 32.2 Å². The molecular weight excluding hydrogens is 520 g/mol. The molecule has 2 aliphatic carbocycles. The Morgan fingerprint density at radius 3 is 2.52 bits per heavy atom. The quantitative estimate of drug-likeness (QED) is 0.282. The van der Waals surface area contributed by atoms with Gasteiger partial charge in [-0.2, -0.15) is 11.3 Å². The highest BCUT2D eigenvalue weighted by atomic mass is 32.1. The van der Waals surface area contributed by atoms with Crippen molar-refractivity contribution in [1.82, 2.24) is 9.80 Å². The molecule has 40 heavy (non-hydrogen) atoms. The number of aliphatic carboxylic acids is 1. The van der Waals surface area contributed by atoms with Crippen molar-refractivity contribution in [3.8, 4) is 0 Å². The summed E-state index contributed by atoms with van der Waals surface area (Å²) in [5.74, 6) is 0.990. The molecule has 2 heterocycles. The number of nitrogens with zero attached hydrogens (tertiary/aromatic N) is 2. The molecule has 216 valence electrons. The summed E-state index contributed by atoms with van der Waals surface area (Å²) < 4.78 is 5.69. The zero-order valence-electron chi connectivity index (χ0n) is 23.7. The maximum atomic E-state index is 13.0. The van der Waals surface area contributed by atoms with E-state index in [4.69, 9.17) is 4.74 Å². The van der Waals surface area contributed by atoms with Crippen molar-refractivity contribution in [2.45, 2.75) is 70.4 Å². The molecule has 1 aromatic heterocycles. The number of thiophene rings is 1. The number of piperidine rings is 1. The molecular formula is C33H44N2O4S. The number of aryl methyl sites for hydroxylation is 1. The number of amides is 1. The van der Waals surface area contributed by atoms with E-state index in [9.17, 15) is 14.7 Å². The van der Waals surface area contributed by atoms with Crippen molar-refractivity contribution in [3.05, 3.63) is 70.4 Å². The van der Waals surface area contributed by atoms with Crippen molar-refractivity contribution < 1.29 is 19.4 Å². The van der Waals surface area contributed by atoms with Crippen molar-refractivity contribution in [2.24, 2.45) is 23.7 Å². The molecule has 1 saturated heterocycles. The van der Waals surface area contributed by atoms with Gasteiger partial charge in [0.2, 0.25) is 0 Å². The number of carbonyl (C=O) groups is 2. The topological polar surface area (TPSA) is 70.1 Å². The van der Waals surface area contributed by atoms with Gasteiger partial charge in [-0.25, -0.2) is 4.79 Å². The van der Waals surface area contributed by atoms with Crippen LogP contribution in [0.4, 0.5) is 4.79 Å². The van der Waals surface area contributed by atoms with Crippen molar-refractivity contribution in [1.29, 1.82) is 0 Å². The number of carbonyl (C=O) groups excluding carboxylic acids is 1. The minimum absolute atomic E-state index is 0.138. The molecule has 4 atom stereocenters. The van der Waals surface area contributed by atoms with Gasteiger partial charge in [0.15, 0.2) is 0 Å². The molecule has 0 radical (unpaired) electrons. The van der Waals surface area contributed by atoms with Gasteiger partial charge in [0.25, 0.3) is 0 Å². The van der Waals surface area contributed by atoms with Crippen LogP contribution in [0.15, 0.2) is 53.7 Å². The minimum Gasteiger partial charge on any atom is -0.481 e. The number of hydrogen-bond acceptors (Lipinski definition) is 5. The fourth-order valence-corrected chi connectivity index (χ4v) is 7.69. The molecule has 2 unspecified atom stereocenters. The van der Waals surface area contributed by atoms with E-state index in [1.807, 2.05) is 36.1 Å². The van der Waals surface area contributed by atoms with E-state index in [2.05, 4.69) is 28.3 Å². The Labute approximate surface area is 243 Å². The first-order valence-corrected chi connectivity index (χ1v) is 15.9. The van der Waals surface area contributed by atoms with Crippen molar-refractivity contribution in [3.63, 3.8) is 0 Å². The van der Waals surface area contributed by atoms with Gasteiger partial charge in [-0.15, -0.1) is 6.58 Å². The number of benzene rings is 1. The molecule has 2 aromatic rings. The van der Waals surface area contributed by atoms with E-state index in [1.165, 1.54) is 24.0 Å². The maximum Gasteiger partial charge on any atom is 0.410 e. The highest BCUT2D eigenvalue weighted by molar-refractivity contribution is 7.08. The molecule has 1 N–H and O–H groups in total. The Morgan fingerprint density at radius 2 is 1.90 bits per heavy atom. The molecule has 7 heteroatoms. The van der Waals surface area contributed by atoms with Gasteiger partial charge in [0.1, 0.15) is 6.61 Å². The zero-order valence-corrected chi connectivity index (χ0v) is 24.6. The van der Waals surface area contributed by atoms with E-state index in [-0.39, 0.29) is 30.6 Å². The van der Waals surface area contributed by atoms with Crippen LogP contribution in [0, 0.1) is 30.6 Å². The summed E-state index contributed by atoms with van der Waals surface area (Å²) >= 11 is 1.74. The van der Waals surface area contributed by atoms with Gasteiger partial charge in [-0.3, -0.25) is 4.79 Å². The van der Waals surface area contributed by atoms with E-state index in [0.29, 0.717) is 24.3 Å². The van der Waals surface area contributed by atoms with Crippen LogP contribution in [0.2, 0.25) is 0 Å². The first-order chi connectivity index (χ1) is 19.4. The largest absolute Gasteiger partial charge is 0.481 e. The normalized spacial score (nSPS) is 24.5. The predicted molar refractivity (Wildman–Crippen MR) is 159 cm³/mol. The zero-order chi connectivity index (χ0) is 28.1. The summed E-state index contributed by atoms with van der Waals surface area (Å²) in [6.07, 6.45) is 8.57. The summed E-state index contributed by atoms with van der Waals surface area (Å²) in [6, 6.07) is 10.4. The molecule has 3 aliphatic rings. The van der Waals surface area contributed by atoms with Crippen LogP contribution in [-0.4, -0.2) is 59.2 Å². The lowest BCUT2D eigenvalue weighted by Gasteiger charge is -2.39. The van der Waals surface area contributed by atoms with Crippen LogP contribution in [0.1, 0.15) is 67.6 Å². The van der Waals surface area contributed by atoms with E-state index in [1.54, 1.807) is 17.4 Å². The van der Waals surface area contributed by atoms with Crippen LogP contribution < -0.4 is 0 Å². The van der Waals surface area contributed by atoms with Crippen LogP contribution in [0.25, 0.3) is 0 Å². The molecule has 5 rings (SSSR count). The lowest BCUT2D eigenvalue weighted by Crippen LogP contribution is -2.48. The molecule has 6 nitrogen and oxygen atoms in total. The Bertz CT molecular complexity index is 1120. The van der Waals surface area contributed by atoms with Crippen LogP contribution in [0.5, 0.6) is 0 Å². The highest BCUT2D eigenvalue weighted by Gasteiger charge is 2.44. The molecule has 3 fully saturated rings. The van der Waals surface area contributed by atoms with Crippen LogP contribution >= 0.6 is 11.3 Å². The molecule has 0 bridgehead atoms. The smallest absolute Gasteiger partial charge is 0.410 e. The summed E-state index contributed by atoms with van der Waals surface area (Å²) in [5, 5.41) is 14.5. The van der Waals surface area contributed by atoms with Crippen LogP contribution in [0.3, 0.4) is 0 Å². The van der Waals surface area contributed by atoms with Gasteiger partial charge >= 0.3 is 12.1 Å². The standard InChI is InChI=1S/C33H44N2O4S/c1-3-13-35(33(38)39-21-25-6-4-23(2)5-7-25)29-10-14-34(15-11-29)20-28-18-27(19-30(28)26-12-16-40-22-26)31(32(36)37)17-24-8-9-24/h3-7,12,16,22,24,27-31H,1,8-11,13-15,17-21H2,2H3,(H,36,37)/t27?,28-,30-,31?/m1/s1.